The predicted octanol–water partition coefficient (Wildman–Crippen LogP) is 6.42. The average Bonchev–Trinajstić information content (AvgIpc) is 3.22. The largest absolute Gasteiger partial charge is 0.495 e. The van der Waals surface area contributed by atoms with Crippen molar-refractivity contribution in [3.05, 3.63) is 70.7 Å². The normalized spacial score (nSPS) is 10.8. The predicted molar refractivity (Wildman–Crippen MR) is 138 cm³/mol. The summed E-state index contributed by atoms with van der Waals surface area (Å²) in [6.07, 6.45) is 0. The first-order valence-corrected chi connectivity index (χ1v) is 11.8. The van der Waals surface area contributed by atoms with E-state index in [9.17, 15) is 4.79 Å². The number of methoxy groups -OCH3 is 1. The summed E-state index contributed by atoms with van der Waals surface area (Å²) in [7, 11) is 1.56. The third kappa shape index (κ3) is 5.97. The van der Waals surface area contributed by atoms with Crippen LogP contribution in [0.5, 0.6) is 5.75 Å². The molecule has 0 unspecified atom stereocenters. The van der Waals surface area contributed by atoms with Crippen LogP contribution in [0.25, 0.3) is 22.6 Å². The van der Waals surface area contributed by atoms with Crippen LogP contribution in [0.4, 0.5) is 5.69 Å². The maximum Gasteiger partial charge on any atom is 0.236 e. The minimum absolute atomic E-state index is 0.196. The van der Waals surface area contributed by atoms with E-state index in [1.165, 1.54) is 11.8 Å². The minimum atomic E-state index is -0.214. The fourth-order valence-electron chi connectivity index (χ4n) is 2.93. The van der Waals surface area contributed by atoms with Crippen molar-refractivity contribution in [2.45, 2.75) is 4.90 Å². The van der Waals surface area contributed by atoms with Gasteiger partial charge in [0.2, 0.25) is 11.8 Å². The van der Waals surface area contributed by atoms with Crippen molar-refractivity contribution >= 4 is 75.0 Å². The van der Waals surface area contributed by atoms with E-state index in [0.29, 0.717) is 38.5 Å². The zero-order chi connectivity index (χ0) is 23.4. The Labute approximate surface area is 209 Å². The number of rotatable bonds is 6. The van der Waals surface area contributed by atoms with E-state index in [2.05, 4.69) is 15.6 Å². The van der Waals surface area contributed by atoms with Gasteiger partial charge in [-0.2, -0.15) is 0 Å². The summed E-state index contributed by atoms with van der Waals surface area (Å²) in [6.45, 7) is 0. The number of anilines is 1. The molecule has 0 spiro atoms. The summed E-state index contributed by atoms with van der Waals surface area (Å²) in [5, 5.41) is 6.98. The molecule has 3 aromatic carbocycles. The number of thioether (sulfide) groups is 1. The Bertz CT molecular complexity index is 1330. The molecule has 2 N–H and O–H groups in total. The maximum atomic E-state index is 12.2. The highest BCUT2D eigenvalue weighted by atomic mass is 35.5. The number of fused-ring (bicyclic) bond motifs is 1. The monoisotopic (exact) mass is 517 g/mol. The fraction of sp³-hybridized carbons (Fsp3) is 0.0870. The molecule has 1 heterocycles. The summed E-state index contributed by atoms with van der Waals surface area (Å²) < 4.78 is 11.0. The SMILES string of the molecule is COc1ccc(-c2nc3cc(NC(=S)NC(=O)CSc4ccc(Cl)cc4)ccc3o2)cc1Cl. The van der Waals surface area contributed by atoms with Gasteiger partial charge in [0.25, 0.3) is 0 Å². The highest BCUT2D eigenvalue weighted by Gasteiger charge is 2.12. The molecule has 0 saturated heterocycles. The first-order chi connectivity index (χ1) is 15.9. The number of amides is 1. The van der Waals surface area contributed by atoms with Gasteiger partial charge in [-0.15, -0.1) is 11.8 Å². The summed E-state index contributed by atoms with van der Waals surface area (Å²) in [4.78, 5) is 17.7. The van der Waals surface area contributed by atoms with E-state index < -0.39 is 0 Å². The third-order valence-corrected chi connectivity index (χ3v) is 6.24. The summed E-state index contributed by atoms with van der Waals surface area (Å²) in [5.74, 6) is 1.01. The average molecular weight is 518 g/mol. The van der Waals surface area contributed by atoms with E-state index in [-0.39, 0.29) is 16.8 Å². The molecule has 0 aliphatic carbocycles. The van der Waals surface area contributed by atoms with E-state index in [1.54, 1.807) is 49.6 Å². The molecular formula is C23H17Cl2N3O3S2. The van der Waals surface area contributed by atoms with Crippen LogP contribution in [0.15, 0.2) is 70.0 Å². The Kier molecular flexibility index (Phi) is 7.39. The lowest BCUT2D eigenvalue weighted by Gasteiger charge is -2.09. The fourth-order valence-corrected chi connectivity index (χ4v) is 4.25. The van der Waals surface area contributed by atoms with Crippen LogP contribution in [0.3, 0.4) is 0 Å². The lowest BCUT2D eigenvalue weighted by molar-refractivity contribution is -0.117. The number of halogens is 2. The molecule has 0 radical (unpaired) electrons. The highest BCUT2D eigenvalue weighted by molar-refractivity contribution is 8.00. The number of hydrogen-bond donors (Lipinski definition) is 2. The molecule has 6 nitrogen and oxygen atoms in total. The van der Waals surface area contributed by atoms with Crippen LogP contribution >= 0.6 is 47.2 Å². The molecule has 0 aliphatic heterocycles. The molecule has 168 valence electrons. The van der Waals surface area contributed by atoms with Crippen molar-refractivity contribution in [1.82, 2.24) is 10.3 Å². The van der Waals surface area contributed by atoms with Crippen molar-refractivity contribution < 1.29 is 13.9 Å². The molecule has 0 saturated carbocycles. The molecule has 0 bridgehead atoms. The molecular weight excluding hydrogens is 501 g/mol. The third-order valence-electron chi connectivity index (χ3n) is 4.48. The molecule has 1 aromatic heterocycles. The summed E-state index contributed by atoms with van der Waals surface area (Å²) in [5.41, 5.74) is 2.64. The Morgan fingerprint density at radius 1 is 1.12 bits per heavy atom. The van der Waals surface area contributed by atoms with E-state index >= 15 is 0 Å². The van der Waals surface area contributed by atoms with Crippen LogP contribution < -0.4 is 15.4 Å². The molecule has 0 atom stereocenters. The zero-order valence-corrected chi connectivity index (χ0v) is 20.4. The second-order valence-electron chi connectivity index (χ2n) is 6.80. The van der Waals surface area contributed by atoms with E-state index in [0.717, 1.165) is 10.5 Å². The first kappa shape index (κ1) is 23.4. The lowest BCUT2D eigenvalue weighted by atomic mass is 10.2. The number of nitrogens with one attached hydrogen (secondary N) is 2. The molecule has 4 aromatic rings. The Morgan fingerprint density at radius 3 is 2.64 bits per heavy atom. The molecule has 33 heavy (non-hydrogen) atoms. The van der Waals surface area contributed by atoms with Gasteiger partial charge >= 0.3 is 0 Å². The number of aromatic nitrogens is 1. The van der Waals surface area contributed by atoms with Gasteiger partial charge in [0.1, 0.15) is 11.3 Å². The smallest absolute Gasteiger partial charge is 0.236 e. The standard InChI is InChI=1S/C23H17Cl2N3O3S2/c1-30-19-8-2-13(10-17(19)25)22-27-18-11-15(5-9-20(18)31-22)26-23(32)28-21(29)12-33-16-6-3-14(24)4-7-16/h2-11H,12H2,1H3,(H2,26,28,29,32). The van der Waals surface area contributed by atoms with Gasteiger partial charge in [0, 0.05) is 21.2 Å². The Balaban J connectivity index is 1.38. The van der Waals surface area contributed by atoms with Gasteiger partial charge in [-0.25, -0.2) is 4.98 Å². The van der Waals surface area contributed by atoms with E-state index in [1.807, 2.05) is 18.2 Å². The second-order valence-corrected chi connectivity index (χ2v) is 9.10. The maximum absolute atomic E-state index is 12.2. The van der Waals surface area contributed by atoms with Gasteiger partial charge in [-0.3, -0.25) is 4.79 Å². The number of carbonyl (C=O) groups is 1. The number of hydrogen-bond acceptors (Lipinski definition) is 6. The quantitative estimate of drug-likeness (QED) is 0.226. The Morgan fingerprint density at radius 2 is 1.91 bits per heavy atom. The van der Waals surface area contributed by atoms with Gasteiger partial charge in [-0.1, -0.05) is 23.2 Å². The molecule has 4 rings (SSSR count). The number of benzene rings is 3. The molecule has 0 aliphatic rings. The van der Waals surface area contributed by atoms with Gasteiger partial charge in [-0.05, 0) is 72.9 Å². The zero-order valence-electron chi connectivity index (χ0n) is 17.2. The molecule has 10 heteroatoms. The number of oxazole rings is 1. The van der Waals surface area contributed by atoms with Crippen LogP contribution in [0.2, 0.25) is 10.0 Å². The van der Waals surface area contributed by atoms with Crippen molar-refractivity contribution in [3.63, 3.8) is 0 Å². The Hall–Kier alpha value is -2.78. The number of ether oxygens (including phenoxy) is 1. The first-order valence-electron chi connectivity index (χ1n) is 9.65. The van der Waals surface area contributed by atoms with Crippen LogP contribution in [-0.2, 0) is 4.79 Å². The van der Waals surface area contributed by atoms with Crippen LogP contribution in [-0.4, -0.2) is 28.9 Å². The number of nitrogens with zero attached hydrogens (tertiary/aromatic N) is 1. The highest BCUT2D eigenvalue weighted by Crippen LogP contribution is 2.32. The summed E-state index contributed by atoms with van der Waals surface area (Å²) in [6, 6.07) is 17.9. The van der Waals surface area contributed by atoms with E-state index in [4.69, 9.17) is 44.6 Å². The molecule has 1 amide bonds. The van der Waals surface area contributed by atoms with Gasteiger partial charge in [0.05, 0.1) is 17.9 Å². The minimum Gasteiger partial charge on any atom is -0.495 e. The van der Waals surface area contributed by atoms with Crippen molar-refractivity contribution in [2.75, 3.05) is 18.2 Å². The van der Waals surface area contributed by atoms with Crippen molar-refractivity contribution in [1.29, 1.82) is 0 Å². The lowest BCUT2D eigenvalue weighted by Crippen LogP contribution is -2.35. The topological polar surface area (TPSA) is 76.4 Å². The number of thiocarbonyl (C=S) groups is 1. The second kappa shape index (κ2) is 10.4. The molecule has 0 fully saturated rings. The van der Waals surface area contributed by atoms with Crippen LogP contribution in [0.1, 0.15) is 0 Å². The summed E-state index contributed by atoms with van der Waals surface area (Å²) >= 11 is 18.7. The van der Waals surface area contributed by atoms with Crippen LogP contribution in [0, 0.1) is 0 Å². The van der Waals surface area contributed by atoms with Crippen molar-refractivity contribution in [3.8, 4) is 17.2 Å². The number of carbonyl (C=O) groups excluding carboxylic acids is 1. The van der Waals surface area contributed by atoms with Gasteiger partial charge in [0.15, 0.2) is 10.7 Å². The van der Waals surface area contributed by atoms with Gasteiger partial charge < -0.3 is 19.8 Å². The van der Waals surface area contributed by atoms with Crippen molar-refractivity contribution in [2.24, 2.45) is 0 Å².